The Morgan fingerprint density at radius 3 is 0.925 bits per heavy atom. The average molecular weight is 1380 g/mol. The van der Waals surface area contributed by atoms with Crippen LogP contribution in [0.15, 0.2) is 268 Å². The molecular formula is C94H86N12. The molecule has 106 heavy (non-hydrogen) atoms. The summed E-state index contributed by atoms with van der Waals surface area (Å²) >= 11 is 0. The third kappa shape index (κ3) is 19.1. The Morgan fingerprint density at radius 1 is 0.170 bits per heavy atom. The van der Waals surface area contributed by atoms with Crippen molar-refractivity contribution >= 4 is 87.2 Å². The van der Waals surface area contributed by atoms with Gasteiger partial charge in [-0.15, -0.1) is 0 Å². The molecule has 18 rings (SSSR count). The van der Waals surface area contributed by atoms with Crippen molar-refractivity contribution in [2.45, 2.75) is 96.9 Å². The zero-order valence-corrected chi connectivity index (χ0v) is 62.8. The molecule has 0 saturated heterocycles. The summed E-state index contributed by atoms with van der Waals surface area (Å²) in [5, 5.41) is 9.48. The molecule has 0 aliphatic carbocycles. The molecule has 0 unspecified atom stereocenters. The van der Waals surface area contributed by atoms with E-state index in [4.69, 9.17) is 0 Å². The minimum absolute atomic E-state index is 0.926. The Hall–Kier alpha value is -12.8. The second-order valence-corrected chi connectivity index (χ2v) is 27.3. The number of pyridine rings is 12. The van der Waals surface area contributed by atoms with Gasteiger partial charge in [-0.05, 0) is 275 Å². The van der Waals surface area contributed by atoms with E-state index in [1.54, 1.807) is 0 Å². The summed E-state index contributed by atoms with van der Waals surface area (Å²) in [5.74, 6) is 0. The summed E-state index contributed by atoms with van der Waals surface area (Å²) in [6.07, 6.45) is 11.1. The number of aryl methyl sites for hydroxylation is 14. The van der Waals surface area contributed by atoms with E-state index >= 15 is 0 Å². The van der Waals surface area contributed by atoms with Crippen molar-refractivity contribution in [3.8, 4) is 34.2 Å². The second-order valence-electron chi connectivity index (χ2n) is 27.3. The molecule has 0 fully saturated rings. The lowest BCUT2D eigenvalue weighted by atomic mass is 10.1. The first-order valence-corrected chi connectivity index (χ1v) is 35.6. The quantitative estimate of drug-likeness (QED) is 0.122. The summed E-state index contributed by atoms with van der Waals surface area (Å²) in [4.78, 5) is 53.5. The monoisotopic (exact) mass is 1380 g/mol. The zero-order valence-electron chi connectivity index (χ0n) is 62.8. The van der Waals surface area contributed by atoms with E-state index in [2.05, 4.69) is 249 Å². The predicted octanol–water partition coefficient (Wildman–Crippen LogP) is 23.1. The fourth-order valence-electron chi connectivity index (χ4n) is 12.1. The number of aromatic nitrogens is 12. The molecule has 12 nitrogen and oxygen atoms in total. The Morgan fingerprint density at radius 2 is 0.509 bits per heavy atom. The summed E-state index contributed by atoms with van der Waals surface area (Å²) in [6.45, 7) is 28.7. The van der Waals surface area contributed by atoms with E-state index in [1.807, 2.05) is 176 Å². The standard InChI is InChI=1S/2C15H13N.2C14H12N2.3C12H12N2/c1-10-4-6-14-13(7-10)9-12-5-3-11(2)8-15(12)16-14;1-10-3-5-14-12(7-10)9-13-8-11(2)4-6-15(13)16-14;1-9-3-5-11-7-8-12-6-4-10(2)16-14(12)13(11)15-9;1-9-5-11-3-4-12-6-10(2)8-16-14(12)13(11)15-7-9;1-9-3-5-13-11(7-9)12-8-10(2)4-6-14-12;1-9-3-5-11(13-7-9)12-6-4-10(2)8-14-12;1-9-5-3-7-11(13-9)12-8-4-6-10(2)14-12/h2*3-9H,1-2H3;2*3-8H,1-2H3;3*3-8H,1-2H3. The maximum Gasteiger partial charge on any atom is 0.0967 e. The highest BCUT2D eigenvalue weighted by atomic mass is 14.8. The van der Waals surface area contributed by atoms with E-state index in [9.17, 15) is 0 Å². The number of rotatable bonds is 3. The van der Waals surface area contributed by atoms with Crippen LogP contribution >= 0.6 is 0 Å². The molecule has 0 saturated carbocycles. The lowest BCUT2D eigenvalue weighted by molar-refractivity contribution is 1.15. The number of fused-ring (bicyclic) bond motifs is 10. The zero-order chi connectivity index (χ0) is 74.4. The summed E-state index contributed by atoms with van der Waals surface area (Å²) < 4.78 is 0. The largest absolute Gasteiger partial charge is 0.255 e. The first-order valence-electron chi connectivity index (χ1n) is 35.6. The van der Waals surface area contributed by atoms with Gasteiger partial charge in [0, 0.05) is 103 Å². The minimum atomic E-state index is 0.926. The topological polar surface area (TPSA) is 155 Å². The van der Waals surface area contributed by atoms with Gasteiger partial charge in [0.1, 0.15) is 0 Å². The Balaban J connectivity index is 0.000000116. The van der Waals surface area contributed by atoms with Crippen molar-refractivity contribution < 1.29 is 0 Å². The van der Waals surface area contributed by atoms with Crippen molar-refractivity contribution in [1.29, 1.82) is 0 Å². The van der Waals surface area contributed by atoms with Crippen LogP contribution in [-0.4, -0.2) is 59.8 Å². The van der Waals surface area contributed by atoms with Crippen LogP contribution in [-0.2, 0) is 0 Å². The van der Waals surface area contributed by atoms with E-state index < -0.39 is 0 Å². The van der Waals surface area contributed by atoms with Gasteiger partial charge in [0.2, 0.25) is 0 Å². The summed E-state index contributed by atoms with van der Waals surface area (Å²) in [5.41, 5.74) is 30.2. The van der Waals surface area contributed by atoms with Gasteiger partial charge < -0.3 is 0 Å². The van der Waals surface area contributed by atoms with Gasteiger partial charge >= 0.3 is 0 Å². The highest BCUT2D eigenvalue weighted by Crippen LogP contribution is 2.28. The van der Waals surface area contributed by atoms with E-state index in [-0.39, 0.29) is 0 Å². The Bertz CT molecular complexity index is 5670. The van der Waals surface area contributed by atoms with Crippen LogP contribution in [0.2, 0.25) is 0 Å². The Kier molecular flexibility index (Phi) is 23.1. The van der Waals surface area contributed by atoms with Crippen LogP contribution in [0.3, 0.4) is 0 Å². The molecule has 0 N–H and O–H groups in total. The van der Waals surface area contributed by atoms with Crippen LogP contribution in [0.4, 0.5) is 0 Å². The third-order valence-corrected chi connectivity index (χ3v) is 17.6. The average Bonchev–Trinajstić information content (AvgIpc) is 0.723. The van der Waals surface area contributed by atoms with Gasteiger partial charge in [-0.2, -0.15) is 0 Å². The third-order valence-electron chi connectivity index (χ3n) is 17.6. The number of hydrogen-bond acceptors (Lipinski definition) is 12. The number of hydrogen-bond donors (Lipinski definition) is 0. The van der Waals surface area contributed by atoms with Crippen molar-refractivity contribution in [1.82, 2.24) is 59.8 Å². The van der Waals surface area contributed by atoms with Crippen LogP contribution < -0.4 is 0 Å². The lowest BCUT2D eigenvalue weighted by Gasteiger charge is -2.04. The molecule has 0 bridgehead atoms. The molecule has 0 atom stereocenters. The van der Waals surface area contributed by atoms with Gasteiger partial charge in [0.15, 0.2) is 0 Å². The highest BCUT2D eigenvalue weighted by molar-refractivity contribution is 6.04. The molecule has 0 radical (unpaired) electrons. The molecule has 12 heteroatoms. The molecule has 0 aliphatic rings. The number of nitrogens with zero attached hydrogens (tertiary/aromatic N) is 12. The molecule has 0 amide bonds. The molecule has 0 spiro atoms. The van der Waals surface area contributed by atoms with Gasteiger partial charge in [-0.1, -0.05) is 108 Å². The lowest BCUT2D eigenvalue weighted by Crippen LogP contribution is -1.90. The second kappa shape index (κ2) is 33.5. The first-order chi connectivity index (χ1) is 51.2. The van der Waals surface area contributed by atoms with Gasteiger partial charge in [0.05, 0.1) is 78.3 Å². The maximum absolute atomic E-state index is 4.68. The molecule has 6 aromatic carbocycles. The van der Waals surface area contributed by atoms with E-state index in [0.29, 0.717) is 0 Å². The van der Waals surface area contributed by atoms with Gasteiger partial charge in [-0.25, -0.2) is 9.97 Å². The SMILES string of the molecule is Cc1ccc(-c2ccc(C)cn2)nc1.Cc1ccc2ccc3ccc(C)nc3c2n1.Cc1ccc2nc3cc(C)ccc3cc2c1.Cc1ccc2nc3ccc(C)cc3cc2c1.Cc1cccc(-c2cccc(C)n2)n1.Cc1ccnc(-c2cc(C)ccn2)c1.Cc1cnc2c(ccc3cc(C)cnc32)c1. The number of benzene rings is 6. The van der Waals surface area contributed by atoms with Gasteiger partial charge in [0.25, 0.3) is 0 Å². The van der Waals surface area contributed by atoms with Crippen molar-refractivity contribution in [2.75, 3.05) is 0 Å². The Labute approximate surface area is 620 Å². The molecule has 18 aromatic rings. The summed E-state index contributed by atoms with van der Waals surface area (Å²) in [7, 11) is 0. The first kappa shape index (κ1) is 73.0. The summed E-state index contributed by atoms with van der Waals surface area (Å²) in [6, 6.07) is 79.0. The van der Waals surface area contributed by atoms with Crippen molar-refractivity contribution in [3.63, 3.8) is 0 Å². The van der Waals surface area contributed by atoms with Gasteiger partial charge in [-0.3, -0.25) is 49.8 Å². The normalized spacial score (nSPS) is 10.7. The van der Waals surface area contributed by atoms with Crippen LogP contribution in [0.25, 0.3) is 121 Å². The fourth-order valence-corrected chi connectivity index (χ4v) is 12.1. The minimum Gasteiger partial charge on any atom is -0.255 e. The smallest absolute Gasteiger partial charge is 0.0967 e. The highest BCUT2D eigenvalue weighted by Gasteiger charge is 2.09. The van der Waals surface area contributed by atoms with E-state index in [0.717, 1.165) is 123 Å². The molecule has 0 aliphatic heterocycles. The maximum atomic E-state index is 4.68. The molecule has 12 heterocycles. The van der Waals surface area contributed by atoms with Crippen molar-refractivity contribution in [3.05, 3.63) is 346 Å². The molecular weight excluding hydrogens is 1300 g/mol. The predicted molar refractivity (Wildman–Crippen MR) is 441 cm³/mol. The van der Waals surface area contributed by atoms with Crippen molar-refractivity contribution in [2.24, 2.45) is 0 Å². The molecule has 12 aromatic heterocycles. The molecule has 522 valence electrons. The van der Waals surface area contributed by atoms with E-state index in [1.165, 1.54) is 77.2 Å². The van der Waals surface area contributed by atoms with Crippen LogP contribution in [0.5, 0.6) is 0 Å². The van der Waals surface area contributed by atoms with Crippen LogP contribution in [0.1, 0.15) is 78.4 Å². The fraction of sp³-hybridized carbons (Fsp3) is 0.149. The van der Waals surface area contributed by atoms with Crippen LogP contribution in [0, 0.1) is 96.9 Å².